The Morgan fingerprint density at radius 1 is 1.06 bits per heavy atom. The number of carbonyl (C=O) groups is 1. The van der Waals surface area contributed by atoms with Crippen LogP contribution in [0.25, 0.3) is 11.3 Å². The average molecular weight is 465 g/mol. The van der Waals surface area contributed by atoms with E-state index < -0.39 is 36.2 Å². The number of rotatable bonds is 6. The van der Waals surface area contributed by atoms with E-state index in [4.69, 9.17) is 18.6 Å². The summed E-state index contributed by atoms with van der Waals surface area (Å²) in [6.07, 6.45) is -0.751. The molecule has 0 saturated carbocycles. The molecule has 4 rings (SSSR count). The number of halogens is 1. The molecular weight excluding hydrogens is 436 g/mol. The van der Waals surface area contributed by atoms with Crippen LogP contribution in [-0.4, -0.2) is 29.4 Å². The number of ether oxygens (including phenoxy) is 1. The van der Waals surface area contributed by atoms with Crippen molar-refractivity contribution in [1.29, 1.82) is 0 Å². The summed E-state index contributed by atoms with van der Waals surface area (Å²) in [5, 5.41) is 4.04. The van der Waals surface area contributed by atoms with Crippen LogP contribution >= 0.6 is 0 Å². The maximum atomic E-state index is 14.0. The molecule has 2 aromatic carbocycles. The Bertz CT molecular complexity index is 1170. The average Bonchev–Trinajstić information content (AvgIpc) is 3.23. The van der Waals surface area contributed by atoms with Crippen molar-refractivity contribution in [2.24, 2.45) is 0 Å². The van der Waals surface area contributed by atoms with Crippen LogP contribution in [0.3, 0.4) is 0 Å². The second-order valence-electron chi connectivity index (χ2n) is 9.62. The van der Waals surface area contributed by atoms with Gasteiger partial charge < -0.3 is 18.6 Å². The smallest absolute Gasteiger partial charge is 0.457 e. The van der Waals surface area contributed by atoms with Gasteiger partial charge in [0.25, 0.3) is 0 Å². The van der Waals surface area contributed by atoms with Gasteiger partial charge in [0.2, 0.25) is 0 Å². The summed E-state index contributed by atoms with van der Waals surface area (Å²) in [7, 11) is -0.468. The Kier molecular flexibility index (Phi) is 6.40. The molecule has 0 radical (unpaired) electrons. The van der Waals surface area contributed by atoms with E-state index in [0.29, 0.717) is 22.6 Å². The highest BCUT2D eigenvalue weighted by Gasteiger charge is 2.51. The molecule has 2 heterocycles. The molecular formula is C26H29BFNO5. The Morgan fingerprint density at radius 3 is 2.29 bits per heavy atom. The molecule has 0 aliphatic carbocycles. The highest BCUT2D eigenvalue weighted by molar-refractivity contribution is 6.62. The fourth-order valence-corrected chi connectivity index (χ4v) is 3.85. The second-order valence-corrected chi connectivity index (χ2v) is 9.62. The third-order valence-electron chi connectivity index (χ3n) is 6.66. The zero-order valence-electron chi connectivity index (χ0n) is 20.3. The monoisotopic (exact) mass is 465 g/mol. The molecule has 178 valence electrons. The SMILES string of the molecule is Cc1noc(-c2ccc(B3OC(C)(C)C(C)(C)O3)cc2)c1CC(=O)O[C@H](C)c1ccccc1F. The predicted octanol–water partition coefficient (Wildman–Crippen LogP) is 4.94. The Hall–Kier alpha value is -2.97. The fraction of sp³-hybridized carbons (Fsp3) is 0.385. The van der Waals surface area contributed by atoms with Crippen molar-refractivity contribution in [2.45, 2.75) is 65.3 Å². The summed E-state index contributed by atoms with van der Waals surface area (Å²) in [5.41, 5.74) is 2.37. The number of aryl methyl sites for hydroxylation is 1. The van der Waals surface area contributed by atoms with Crippen molar-refractivity contribution in [3.05, 3.63) is 71.2 Å². The number of carbonyl (C=O) groups excluding carboxylic acids is 1. The van der Waals surface area contributed by atoms with Crippen molar-refractivity contribution in [3.8, 4) is 11.3 Å². The first-order valence-corrected chi connectivity index (χ1v) is 11.3. The number of hydrogen-bond donors (Lipinski definition) is 0. The summed E-state index contributed by atoms with van der Waals surface area (Å²) in [5.74, 6) is -0.405. The lowest BCUT2D eigenvalue weighted by Gasteiger charge is -2.32. The molecule has 3 aromatic rings. The molecule has 1 fully saturated rings. The van der Waals surface area contributed by atoms with Gasteiger partial charge in [-0.1, -0.05) is 47.6 Å². The normalized spacial score (nSPS) is 17.6. The van der Waals surface area contributed by atoms with Crippen molar-refractivity contribution < 1.29 is 27.8 Å². The van der Waals surface area contributed by atoms with Crippen LogP contribution in [0.15, 0.2) is 53.1 Å². The van der Waals surface area contributed by atoms with E-state index in [1.54, 1.807) is 32.0 Å². The quantitative estimate of drug-likeness (QED) is 0.380. The zero-order valence-corrected chi connectivity index (χ0v) is 20.3. The second kappa shape index (κ2) is 9.00. The van der Waals surface area contributed by atoms with Gasteiger partial charge in [0.1, 0.15) is 11.9 Å². The van der Waals surface area contributed by atoms with E-state index in [0.717, 1.165) is 11.0 Å². The highest BCUT2D eigenvalue weighted by Crippen LogP contribution is 2.36. The summed E-state index contributed by atoms with van der Waals surface area (Å²) >= 11 is 0. The third kappa shape index (κ3) is 4.65. The minimum absolute atomic E-state index is 0.0392. The van der Waals surface area contributed by atoms with Crippen LogP contribution in [-0.2, 0) is 25.3 Å². The van der Waals surface area contributed by atoms with Gasteiger partial charge in [0.15, 0.2) is 5.76 Å². The molecule has 0 unspecified atom stereocenters. The summed E-state index contributed by atoms with van der Waals surface area (Å²) < 4.78 is 37.3. The largest absolute Gasteiger partial charge is 0.494 e. The Labute approximate surface area is 199 Å². The summed E-state index contributed by atoms with van der Waals surface area (Å²) in [6, 6.07) is 13.8. The zero-order chi connectivity index (χ0) is 24.7. The lowest BCUT2D eigenvalue weighted by Crippen LogP contribution is -2.41. The van der Waals surface area contributed by atoms with Gasteiger partial charge in [-0.05, 0) is 53.1 Å². The third-order valence-corrected chi connectivity index (χ3v) is 6.66. The molecule has 0 N–H and O–H groups in total. The highest BCUT2D eigenvalue weighted by atomic mass is 19.1. The molecule has 8 heteroatoms. The van der Waals surface area contributed by atoms with Crippen molar-refractivity contribution >= 4 is 18.6 Å². The predicted molar refractivity (Wildman–Crippen MR) is 127 cm³/mol. The Morgan fingerprint density at radius 2 is 1.68 bits per heavy atom. The van der Waals surface area contributed by atoms with E-state index >= 15 is 0 Å². The van der Waals surface area contributed by atoms with Crippen LogP contribution in [0, 0.1) is 12.7 Å². The molecule has 0 spiro atoms. The van der Waals surface area contributed by atoms with Gasteiger partial charge in [0, 0.05) is 16.7 Å². The maximum Gasteiger partial charge on any atom is 0.494 e. The van der Waals surface area contributed by atoms with Crippen molar-refractivity contribution in [2.75, 3.05) is 0 Å². The fourth-order valence-electron chi connectivity index (χ4n) is 3.85. The Balaban J connectivity index is 1.49. The number of benzene rings is 2. The number of nitrogens with zero attached hydrogens (tertiary/aromatic N) is 1. The van der Waals surface area contributed by atoms with Crippen molar-refractivity contribution in [3.63, 3.8) is 0 Å². The van der Waals surface area contributed by atoms with Crippen LogP contribution in [0.1, 0.15) is 57.5 Å². The van der Waals surface area contributed by atoms with Gasteiger partial charge in [-0.25, -0.2) is 4.39 Å². The van der Waals surface area contributed by atoms with E-state index in [2.05, 4.69) is 5.16 Å². The first kappa shape index (κ1) is 24.2. The lowest BCUT2D eigenvalue weighted by atomic mass is 9.78. The lowest BCUT2D eigenvalue weighted by molar-refractivity contribution is -0.147. The van der Waals surface area contributed by atoms with Crippen LogP contribution in [0.4, 0.5) is 4.39 Å². The molecule has 0 bridgehead atoms. The molecule has 34 heavy (non-hydrogen) atoms. The molecule has 1 aliphatic rings. The standard InChI is InChI=1S/C26H29BFNO5/c1-16-21(15-23(30)31-17(2)20-9-7-8-10-22(20)28)24(32-29-16)18-11-13-19(14-12-18)27-33-25(3,4)26(5,6)34-27/h7-14,17H,15H2,1-6H3/t17-/m1/s1. The minimum atomic E-state index is -0.712. The van der Waals surface area contributed by atoms with E-state index in [1.807, 2.05) is 52.0 Å². The van der Waals surface area contributed by atoms with Crippen molar-refractivity contribution in [1.82, 2.24) is 5.16 Å². The van der Waals surface area contributed by atoms with Crippen LogP contribution in [0.2, 0.25) is 0 Å². The summed E-state index contributed by atoms with van der Waals surface area (Å²) in [4.78, 5) is 12.6. The van der Waals surface area contributed by atoms with E-state index in [9.17, 15) is 9.18 Å². The molecule has 1 aliphatic heterocycles. The summed E-state index contributed by atoms with van der Waals surface area (Å²) in [6.45, 7) is 11.5. The van der Waals surface area contributed by atoms with Gasteiger partial charge in [-0.2, -0.15) is 0 Å². The van der Waals surface area contributed by atoms with E-state index in [1.165, 1.54) is 6.07 Å². The van der Waals surface area contributed by atoms with Crippen LogP contribution < -0.4 is 5.46 Å². The maximum absolute atomic E-state index is 14.0. The molecule has 6 nitrogen and oxygen atoms in total. The van der Waals surface area contributed by atoms with Gasteiger partial charge in [-0.3, -0.25) is 4.79 Å². The molecule has 1 saturated heterocycles. The van der Waals surface area contributed by atoms with Gasteiger partial charge in [-0.15, -0.1) is 0 Å². The van der Waals surface area contributed by atoms with Crippen LogP contribution in [0.5, 0.6) is 0 Å². The van der Waals surface area contributed by atoms with E-state index in [-0.39, 0.29) is 6.42 Å². The number of aromatic nitrogens is 1. The first-order chi connectivity index (χ1) is 16.0. The number of hydrogen-bond acceptors (Lipinski definition) is 6. The topological polar surface area (TPSA) is 70.8 Å². The van der Waals surface area contributed by atoms with Gasteiger partial charge in [0.05, 0.1) is 23.3 Å². The first-order valence-electron chi connectivity index (χ1n) is 11.3. The molecule has 1 aromatic heterocycles. The van der Waals surface area contributed by atoms with Gasteiger partial charge >= 0.3 is 13.1 Å². The minimum Gasteiger partial charge on any atom is -0.457 e. The molecule has 0 amide bonds. The molecule has 1 atom stereocenters. The number of esters is 1.